The van der Waals surface area contributed by atoms with Gasteiger partial charge in [-0.3, -0.25) is 0 Å². The average molecular weight is 459 g/mol. The first-order valence-electron chi connectivity index (χ1n) is 9.90. The largest absolute Gasteiger partial charge is 0.416 e. The van der Waals surface area contributed by atoms with E-state index in [4.69, 9.17) is 5.73 Å². The monoisotopic (exact) mass is 458 g/mol. The Morgan fingerprint density at radius 2 is 2.03 bits per heavy atom. The third-order valence-electron chi connectivity index (χ3n) is 5.21. The molecule has 0 saturated heterocycles. The molecule has 0 aliphatic carbocycles. The van der Waals surface area contributed by atoms with Gasteiger partial charge in [-0.25, -0.2) is 4.98 Å². The number of nitrogens with two attached hydrogens (primary N) is 1. The number of anilines is 3. The average Bonchev–Trinajstić information content (AvgIpc) is 3.35. The zero-order chi connectivity index (χ0) is 22.9. The fourth-order valence-corrected chi connectivity index (χ4v) is 4.44. The van der Waals surface area contributed by atoms with Crippen LogP contribution in [-0.2, 0) is 12.6 Å². The van der Waals surface area contributed by atoms with Crippen molar-refractivity contribution >= 4 is 27.8 Å². The Labute approximate surface area is 187 Å². The second-order valence-corrected chi connectivity index (χ2v) is 8.61. The minimum atomic E-state index is -4.35. The molecule has 1 atom stereocenters. The predicted molar refractivity (Wildman–Crippen MR) is 121 cm³/mol. The van der Waals surface area contributed by atoms with Crippen LogP contribution in [0.5, 0.6) is 0 Å². The first-order chi connectivity index (χ1) is 15.2. The number of thiazole rings is 1. The SMILES string of the molecule is CN1CNc2ccc(-c3sc(NC[C@@H](N)Cc4ccc(C(F)(F)F)cc4)nc3C#N)cc21. The molecule has 1 aromatic heterocycles. The van der Waals surface area contributed by atoms with Gasteiger partial charge in [0, 0.05) is 19.6 Å². The van der Waals surface area contributed by atoms with Crippen LogP contribution in [0.4, 0.5) is 29.7 Å². The Balaban J connectivity index is 1.42. The molecule has 0 amide bonds. The molecule has 0 spiro atoms. The van der Waals surface area contributed by atoms with E-state index < -0.39 is 11.7 Å². The molecular formula is C22H21F3N6S. The zero-order valence-electron chi connectivity index (χ0n) is 17.2. The Morgan fingerprint density at radius 1 is 1.28 bits per heavy atom. The Bertz CT molecular complexity index is 1150. The lowest BCUT2D eigenvalue weighted by Gasteiger charge is -2.13. The van der Waals surface area contributed by atoms with Crippen LogP contribution in [0.2, 0.25) is 0 Å². The molecule has 2 heterocycles. The van der Waals surface area contributed by atoms with Gasteiger partial charge in [0.05, 0.1) is 28.5 Å². The molecule has 3 aromatic rings. The van der Waals surface area contributed by atoms with Crippen LogP contribution in [-0.4, -0.2) is 31.3 Å². The van der Waals surface area contributed by atoms with E-state index in [0.29, 0.717) is 23.8 Å². The molecule has 0 radical (unpaired) electrons. The second-order valence-electron chi connectivity index (χ2n) is 7.61. The van der Waals surface area contributed by atoms with Crippen LogP contribution in [0.25, 0.3) is 10.4 Å². The van der Waals surface area contributed by atoms with Gasteiger partial charge in [-0.05, 0) is 41.8 Å². The molecule has 6 nitrogen and oxygen atoms in total. The summed E-state index contributed by atoms with van der Waals surface area (Å²) < 4.78 is 38.1. The number of fused-ring (bicyclic) bond motifs is 1. The van der Waals surface area contributed by atoms with Crippen molar-refractivity contribution in [3.05, 3.63) is 59.3 Å². The van der Waals surface area contributed by atoms with E-state index >= 15 is 0 Å². The highest BCUT2D eigenvalue weighted by atomic mass is 32.1. The van der Waals surface area contributed by atoms with Crippen LogP contribution in [0.1, 0.15) is 16.8 Å². The molecule has 4 rings (SSSR count). The Kier molecular flexibility index (Phi) is 5.95. The van der Waals surface area contributed by atoms with Crippen molar-refractivity contribution in [2.24, 2.45) is 5.73 Å². The van der Waals surface area contributed by atoms with Gasteiger partial charge < -0.3 is 21.3 Å². The van der Waals surface area contributed by atoms with Crippen molar-refractivity contribution in [3.8, 4) is 16.5 Å². The summed E-state index contributed by atoms with van der Waals surface area (Å²) >= 11 is 1.37. The van der Waals surface area contributed by atoms with E-state index in [2.05, 4.69) is 26.6 Å². The lowest BCUT2D eigenvalue weighted by molar-refractivity contribution is -0.137. The number of rotatable bonds is 6. The summed E-state index contributed by atoms with van der Waals surface area (Å²) in [6.07, 6.45) is -3.94. The number of hydrogen-bond acceptors (Lipinski definition) is 7. The first-order valence-corrected chi connectivity index (χ1v) is 10.7. The predicted octanol–water partition coefficient (Wildman–Crippen LogP) is 4.50. The third-order valence-corrected chi connectivity index (χ3v) is 6.27. The van der Waals surface area contributed by atoms with E-state index in [0.717, 1.165) is 46.2 Å². The molecule has 0 unspecified atom stereocenters. The molecule has 0 fully saturated rings. The number of nitrogens with zero attached hydrogens (tertiary/aromatic N) is 3. The smallest absolute Gasteiger partial charge is 0.366 e. The first kappa shape index (κ1) is 21.9. The molecule has 0 saturated carbocycles. The van der Waals surface area contributed by atoms with Gasteiger partial charge in [0.1, 0.15) is 6.07 Å². The lowest BCUT2D eigenvalue weighted by Crippen LogP contribution is -2.31. The van der Waals surface area contributed by atoms with E-state index in [1.807, 2.05) is 25.2 Å². The van der Waals surface area contributed by atoms with Crippen LogP contribution >= 0.6 is 11.3 Å². The second kappa shape index (κ2) is 8.68. The molecule has 1 aliphatic heterocycles. The van der Waals surface area contributed by atoms with Crippen molar-refractivity contribution in [1.82, 2.24) is 4.98 Å². The minimum Gasteiger partial charge on any atom is -0.366 e. The molecule has 0 bridgehead atoms. The van der Waals surface area contributed by atoms with Crippen molar-refractivity contribution in [3.63, 3.8) is 0 Å². The standard InChI is InChI=1S/C22H21F3N6S/c1-31-12-29-17-7-4-14(9-19(17)31)20-18(10-26)30-21(32-20)28-11-16(27)8-13-2-5-15(6-3-13)22(23,24)25/h2-7,9,16,29H,8,11-12,27H2,1H3,(H,28,30)/t16-/m0/s1. The summed E-state index contributed by atoms with van der Waals surface area (Å²) in [4.78, 5) is 7.23. The van der Waals surface area contributed by atoms with Crippen molar-refractivity contribution < 1.29 is 13.2 Å². The number of alkyl halides is 3. The molecule has 32 heavy (non-hydrogen) atoms. The van der Waals surface area contributed by atoms with Gasteiger partial charge in [-0.15, -0.1) is 0 Å². The number of nitrogens with one attached hydrogen (secondary N) is 2. The van der Waals surface area contributed by atoms with Crippen molar-refractivity contribution in [2.75, 3.05) is 35.8 Å². The molecular weight excluding hydrogens is 437 g/mol. The summed E-state index contributed by atoms with van der Waals surface area (Å²) in [5.41, 5.74) is 9.56. The van der Waals surface area contributed by atoms with E-state index in [9.17, 15) is 18.4 Å². The third kappa shape index (κ3) is 4.64. The van der Waals surface area contributed by atoms with E-state index in [-0.39, 0.29) is 6.04 Å². The maximum atomic E-state index is 12.7. The van der Waals surface area contributed by atoms with Gasteiger partial charge in [-0.1, -0.05) is 29.5 Å². The van der Waals surface area contributed by atoms with Gasteiger partial charge >= 0.3 is 6.18 Å². The quantitative estimate of drug-likeness (QED) is 0.504. The van der Waals surface area contributed by atoms with Gasteiger partial charge in [0.15, 0.2) is 10.8 Å². The maximum absolute atomic E-state index is 12.7. The summed E-state index contributed by atoms with van der Waals surface area (Å²) in [5.74, 6) is 0. The van der Waals surface area contributed by atoms with Crippen LogP contribution in [0.3, 0.4) is 0 Å². The highest BCUT2D eigenvalue weighted by Gasteiger charge is 2.30. The van der Waals surface area contributed by atoms with Gasteiger partial charge in [0.25, 0.3) is 0 Å². The number of benzene rings is 2. The van der Waals surface area contributed by atoms with E-state index in [1.165, 1.54) is 23.5 Å². The fourth-order valence-electron chi connectivity index (χ4n) is 3.52. The number of aromatic nitrogens is 1. The van der Waals surface area contributed by atoms with Crippen LogP contribution < -0.4 is 21.3 Å². The number of hydrogen-bond donors (Lipinski definition) is 3. The lowest BCUT2D eigenvalue weighted by atomic mass is 10.0. The molecule has 10 heteroatoms. The van der Waals surface area contributed by atoms with Gasteiger partial charge in [-0.2, -0.15) is 18.4 Å². The summed E-state index contributed by atoms with van der Waals surface area (Å²) in [6, 6.07) is 12.8. The Morgan fingerprint density at radius 3 is 2.72 bits per heavy atom. The summed E-state index contributed by atoms with van der Waals surface area (Å²) in [7, 11) is 1.99. The highest BCUT2D eigenvalue weighted by Crippen LogP contribution is 2.38. The normalized spacial score (nSPS) is 13.9. The minimum absolute atomic E-state index is 0.329. The zero-order valence-corrected chi connectivity index (χ0v) is 18.0. The summed E-state index contributed by atoms with van der Waals surface area (Å²) in [5, 5.41) is 16.6. The molecule has 2 aromatic carbocycles. The topological polar surface area (TPSA) is 90.0 Å². The maximum Gasteiger partial charge on any atom is 0.416 e. The Hall–Kier alpha value is -3.29. The number of nitriles is 1. The van der Waals surface area contributed by atoms with E-state index in [1.54, 1.807) is 0 Å². The number of halogens is 3. The molecule has 1 aliphatic rings. The summed E-state index contributed by atoms with van der Waals surface area (Å²) in [6.45, 7) is 1.10. The molecule has 4 N–H and O–H groups in total. The van der Waals surface area contributed by atoms with Gasteiger partial charge in [0.2, 0.25) is 0 Å². The van der Waals surface area contributed by atoms with Crippen molar-refractivity contribution in [2.45, 2.75) is 18.6 Å². The highest BCUT2D eigenvalue weighted by molar-refractivity contribution is 7.19. The van der Waals surface area contributed by atoms with Crippen LogP contribution in [0.15, 0.2) is 42.5 Å². The van der Waals surface area contributed by atoms with Crippen molar-refractivity contribution in [1.29, 1.82) is 5.26 Å². The molecule has 166 valence electrons. The van der Waals surface area contributed by atoms with Crippen LogP contribution in [0, 0.1) is 11.3 Å². The fraction of sp³-hybridized carbons (Fsp3) is 0.273.